The van der Waals surface area contributed by atoms with Crippen LogP contribution in [0.2, 0.25) is 0 Å². The second-order valence-electron chi connectivity index (χ2n) is 3.67. The summed E-state index contributed by atoms with van der Waals surface area (Å²) in [6.45, 7) is 0. The minimum absolute atomic E-state index is 0.377. The summed E-state index contributed by atoms with van der Waals surface area (Å²) in [7, 11) is 0. The smallest absolute Gasteiger partial charge is 0.244 e. The van der Waals surface area contributed by atoms with Crippen molar-refractivity contribution in [1.29, 1.82) is 0 Å². The quantitative estimate of drug-likeness (QED) is 0.659. The van der Waals surface area contributed by atoms with Crippen LogP contribution in [-0.2, 0) is 5.75 Å². The molecule has 0 aliphatic heterocycles. The number of nitrogens with zero attached hydrogens (tertiary/aromatic N) is 2. The van der Waals surface area contributed by atoms with Crippen LogP contribution in [0.25, 0.3) is 0 Å². The first-order valence-electron chi connectivity index (χ1n) is 5.49. The molecule has 0 aliphatic rings. The van der Waals surface area contributed by atoms with Crippen molar-refractivity contribution in [3.05, 3.63) is 42.0 Å². The van der Waals surface area contributed by atoms with Gasteiger partial charge in [-0.3, -0.25) is 0 Å². The lowest BCUT2D eigenvalue weighted by atomic mass is 10.2. The van der Waals surface area contributed by atoms with Crippen molar-refractivity contribution in [2.45, 2.75) is 23.1 Å². The molecule has 0 amide bonds. The van der Waals surface area contributed by atoms with Gasteiger partial charge in [0.25, 0.3) is 0 Å². The maximum Gasteiger partial charge on any atom is 0.244 e. The van der Waals surface area contributed by atoms with Crippen LogP contribution >= 0.6 is 11.8 Å². The fourth-order valence-electron chi connectivity index (χ4n) is 1.36. The molecule has 0 aliphatic carbocycles. The third-order valence-electron chi connectivity index (χ3n) is 2.25. The molecule has 2 aromatic rings. The van der Waals surface area contributed by atoms with Crippen LogP contribution in [0.1, 0.15) is 24.2 Å². The van der Waals surface area contributed by atoms with Crippen LogP contribution in [0.4, 0.5) is 0 Å². The molecule has 1 atom stereocenters. The van der Waals surface area contributed by atoms with Gasteiger partial charge in [-0.1, -0.05) is 23.4 Å². The normalized spacial score (nSPS) is 12.0. The summed E-state index contributed by atoms with van der Waals surface area (Å²) in [5.74, 6) is 4.15. The molecule has 1 unspecified atom stereocenters. The molecule has 0 fully saturated rings. The number of hydrogen-bond donors (Lipinski definition) is 1. The van der Waals surface area contributed by atoms with Gasteiger partial charge in [0.05, 0.1) is 11.8 Å². The molecule has 18 heavy (non-hydrogen) atoms. The van der Waals surface area contributed by atoms with Crippen LogP contribution in [-0.4, -0.2) is 10.1 Å². The van der Waals surface area contributed by atoms with Crippen molar-refractivity contribution in [3.8, 4) is 12.3 Å². The van der Waals surface area contributed by atoms with Crippen molar-refractivity contribution in [1.82, 2.24) is 10.1 Å². The van der Waals surface area contributed by atoms with Gasteiger partial charge in [-0.2, -0.15) is 4.98 Å². The topological polar surface area (TPSA) is 64.9 Å². The summed E-state index contributed by atoms with van der Waals surface area (Å²) >= 11 is 1.65. The van der Waals surface area contributed by atoms with Crippen molar-refractivity contribution >= 4 is 11.8 Å². The maximum absolute atomic E-state index is 5.78. The van der Waals surface area contributed by atoms with Crippen LogP contribution in [0.3, 0.4) is 0 Å². The Morgan fingerprint density at radius 2 is 2.17 bits per heavy atom. The second-order valence-corrected chi connectivity index (χ2v) is 4.71. The summed E-state index contributed by atoms with van der Waals surface area (Å²) in [6.07, 6.45) is 5.58. The number of hydrogen-bond acceptors (Lipinski definition) is 5. The van der Waals surface area contributed by atoms with E-state index in [-0.39, 0.29) is 6.04 Å². The zero-order valence-corrected chi connectivity index (χ0v) is 10.6. The van der Waals surface area contributed by atoms with Gasteiger partial charge in [0.15, 0.2) is 5.82 Å². The van der Waals surface area contributed by atoms with E-state index in [0.717, 1.165) is 4.90 Å². The highest BCUT2D eigenvalue weighted by Crippen LogP contribution is 2.21. The predicted octanol–water partition coefficient (Wildman–Crippen LogP) is 2.39. The SMILES string of the molecule is C#CCC(N)c1nc(CSc2ccccc2)no1. The van der Waals surface area contributed by atoms with E-state index < -0.39 is 0 Å². The highest BCUT2D eigenvalue weighted by atomic mass is 32.2. The van der Waals surface area contributed by atoms with E-state index in [1.165, 1.54) is 0 Å². The summed E-state index contributed by atoms with van der Waals surface area (Å²) in [5.41, 5.74) is 5.78. The van der Waals surface area contributed by atoms with Crippen molar-refractivity contribution in [2.24, 2.45) is 5.73 Å². The molecule has 2 N–H and O–H groups in total. The van der Waals surface area contributed by atoms with Gasteiger partial charge >= 0.3 is 0 Å². The van der Waals surface area contributed by atoms with Gasteiger partial charge in [0.2, 0.25) is 5.89 Å². The highest BCUT2D eigenvalue weighted by molar-refractivity contribution is 7.98. The van der Waals surface area contributed by atoms with E-state index in [9.17, 15) is 0 Å². The lowest BCUT2D eigenvalue weighted by molar-refractivity contribution is 0.353. The standard InChI is InChI=1S/C13H13N3OS/c1-2-6-11(14)13-15-12(16-17-13)9-18-10-7-4-3-5-8-10/h1,3-5,7-8,11H,6,9,14H2. The molecule has 5 heteroatoms. The van der Waals surface area contributed by atoms with Crippen LogP contribution < -0.4 is 5.73 Å². The average Bonchev–Trinajstić information content (AvgIpc) is 2.87. The molecule has 0 saturated carbocycles. The fourth-order valence-corrected chi connectivity index (χ4v) is 2.12. The van der Waals surface area contributed by atoms with Crippen LogP contribution in [0.15, 0.2) is 39.8 Å². The first kappa shape index (κ1) is 12.7. The van der Waals surface area contributed by atoms with Crippen LogP contribution in [0, 0.1) is 12.3 Å². The Hall–Kier alpha value is -1.77. The highest BCUT2D eigenvalue weighted by Gasteiger charge is 2.13. The summed E-state index contributed by atoms with van der Waals surface area (Å²) in [5, 5.41) is 3.88. The van der Waals surface area contributed by atoms with Crippen molar-refractivity contribution < 1.29 is 4.52 Å². The molecular weight excluding hydrogens is 246 g/mol. The molecule has 1 aromatic heterocycles. The third-order valence-corrected chi connectivity index (χ3v) is 3.26. The molecule has 0 radical (unpaired) electrons. The van der Waals surface area contributed by atoms with E-state index in [4.69, 9.17) is 16.7 Å². The number of terminal acetylenes is 1. The summed E-state index contributed by atoms with van der Waals surface area (Å²) < 4.78 is 5.07. The zero-order chi connectivity index (χ0) is 12.8. The molecular formula is C13H13N3OS. The van der Waals surface area contributed by atoms with E-state index in [1.54, 1.807) is 11.8 Å². The first-order chi connectivity index (χ1) is 8.79. The molecule has 1 heterocycles. The van der Waals surface area contributed by atoms with Gasteiger partial charge in [0.1, 0.15) is 0 Å². The lowest BCUT2D eigenvalue weighted by Gasteiger charge is -1.99. The maximum atomic E-state index is 5.78. The van der Waals surface area contributed by atoms with Crippen LogP contribution in [0.5, 0.6) is 0 Å². The Labute approximate surface area is 110 Å². The monoisotopic (exact) mass is 259 g/mol. The zero-order valence-electron chi connectivity index (χ0n) is 9.74. The van der Waals surface area contributed by atoms with Gasteiger partial charge in [0, 0.05) is 11.3 Å². The van der Waals surface area contributed by atoms with E-state index in [0.29, 0.717) is 23.9 Å². The molecule has 1 aromatic carbocycles. The Morgan fingerprint density at radius 1 is 1.39 bits per heavy atom. The van der Waals surface area contributed by atoms with Gasteiger partial charge in [-0.25, -0.2) is 0 Å². The summed E-state index contributed by atoms with van der Waals surface area (Å²) in [6, 6.07) is 9.67. The number of rotatable bonds is 5. The second kappa shape index (κ2) is 6.24. The lowest BCUT2D eigenvalue weighted by Crippen LogP contribution is -2.09. The predicted molar refractivity (Wildman–Crippen MR) is 70.7 cm³/mol. The Balaban J connectivity index is 1.93. The van der Waals surface area contributed by atoms with Gasteiger partial charge in [-0.05, 0) is 12.1 Å². The number of nitrogens with two attached hydrogens (primary N) is 1. The molecule has 92 valence electrons. The molecule has 4 nitrogen and oxygen atoms in total. The average molecular weight is 259 g/mol. The fraction of sp³-hybridized carbons (Fsp3) is 0.231. The Bertz CT molecular complexity index is 533. The van der Waals surface area contributed by atoms with E-state index in [1.807, 2.05) is 30.3 Å². The number of thioether (sulfide) groups is 1. The van der Waals surface area contributed by atoms with Crippen molar-refractivity contribution in [2.75, 3.05) is 0 Å². The molecule has 0 saturated heterocycles. The summed E-state index contributed by atoms with van der Waals surface area (Å²) in [4.78, 5) is 5.39. The number of aromatic nitrogens is 2. The molecule has 0 spiro atoms. The minimum Gasteiger partial charge on any atom is -0.338 e. The third kappa shape index (κ3) is 3.36. The van der Waals surface area contributed by atoms with Gasteiger partial charge < -0.3 is 10.3 Å². The first-order valence-corrected chi connectivity index (χ1v) is 6.47. The minimum atomic E-state index is -0.377. The molecule has 2 rings (SSSR count). The van der Waals surface area contributed by atoms with Gasteiger partial charge in [-0.15, -0.1) is 24.1 Å². The Kier molecular flexibility index (Phi) is 4.40. The number of benzene rings is 1. The largest absolute Gasteiger partial charge is 0.338 e. The van der Waals surface area contributed by atoms with Crippen molar-refractivity contribution in [3.63, 3.8) is 0 Å². The van der Waals surface area contributed by atoms with E-state index in [2.05, 4.69) is 16.1 Å². The van der Waals surface area contributed by atoms with E-state index >= 15 is 0 Å². The Morgan fingerprint density at radius 3 is 2.89 bits per heavy atom. The molecule has 0 bridgehead atoms.